The van der Waals surface area contributed by atoms with Crippen LogP contribution in [-0.4, -0.2) is 47.4 Å². The summed E-state index contributed by atoms with van der Waals surface area (Å²) in [6.45, 7) is 4.98. The van der Waals surface area contributed by atoms with Gasteiger partial charge in [-0.3, -0.25) is 9.59 Å². The van der Waals surface area contributed by atoms with Gasteiger partial charge in [-0.1, -0.05) is 385 Å². The van der Waals surface area contributed by atoms with E-state index in [1.165, 1.54) is 372 Å². The monoisotopic (exact) mass is 1210 g/mol. The van der Waals surface area contributed by atoms with Gasteiger partial charge in [-0.25, -0.2) is 0 Å². The zero-order valence-corrected chi connectivity index (χ0v) is 58.6. The molecule has 0 saturated heterocycles. The number of hydrogen-bond acceptors (Lipinski definition) is 5. The predicted molar refractivity (Wildman–Crippen MR) is 380 cm³/mol. The maximum absolute atomic E-state index is 12.6. The Hall–Kier alpha value is -1.66. The molecule has 0 fully saturated rings. The molecule has 0 aromatic heterocycles. The van der Waals surface area contributed by atoms with Crippen molar-refractivity contribution in [3.05, 3.63) is 24.3 Å². The van der Waals surface area contributed by atoms with Gasteiger partial charge in [-0.15, -0.1) is 0 Å². The lowest BCUT2D eigenvalue weighted by Crippen LogP contribution is -2.45. The summed E-state index contributed by atoms with van der Waals surface area (Å²) in [5.41, 5.74) is 0. The molecule has 0 rings (SSSR count). The Labute approximate surface area is 539 Å². The van der Waals surface area contributed by atoms with Crippen molar-refractivity contribution in [3.63, 3.8) is 0 Å². The molecule has 1 amide bonds. The van der Waals surface area contributed by atoms with Gasteiger partial charge in [0, 0.05) is 12.8 Å². The first-order valence-corrected chi connectivity index (χ1v) is 39.6. The van der Waals surface area contributed by atoms with Gasteiger partial charge in [0.15, 0.2) is 0 Å². The highest BCUT2D eigenvalue weighted by Gasteiger charge is 2.20. The predicted octanol–water partition coefficient (Wildman–Crippen LogP) is 26.0. The molecule has 2 atom stereocenters. The van der Waals surface area contributed by atoms with Crippen molar-refractivity contribution in [2.24, 2.45) is 0 Å². The average molecular weight is 1210 g/mol. The highest BCUT2D eigenvalue weighted by atomic mass is 16.5. The van der Waals surface area contributed by atoms with Crippen LogP contribution >= 0.6 is 0 Å². The van der Waals surface area contributed by atoms with E-state index in [4.69, 9.17) is 4.74 Å². The first kappa shape index (κ1) is 84.3. The van der Waals surface area contributed by atoms with Crippen LogP contribution in [0.3, 0.4) is 0 Å². The minimum absolute atomic E-state index is 0.0129. The largest absolute Gasteiger partial charge is 0.466 e. The summed E-state index contributed by atoms with van der Waals surface area (Å²) >= 11 is 0. The maximum Gasteiger partial charge on any atom is 0.305 e. The molecule has 0 aliphatic heterocycles. The quantitative estimate of drug-likeness (QED) is 0.0320. The Morgan fingerprint density at radius 1 is 0.314 bits per heavy atom. The van der Waals surface area contributed by atoms with Crippen LogP contribution in [0.15, 0.2) is 24.3 Å². The fourth-order valence-electron chi connectivity index (χ4n) is 12.7. The second-order valence-electron chi connectivity index (χ2n) is 27.4. The highest BCUT2D eigenvalue weighted by Crippen LogP contribution is 2.20. The van der Waals surface area contributed by atoms with Crippen molar-refractivity contribution in [2.45, 2.75) is 463 Å². The van der Waals surface area contributed by atoms with Gasteiger partial charge >= 0.3 is 5.97 Å². The van der Waals surface area contributed by atoms with Crippen LogP contribution in [0.25, 0.3) is 0 Å². The molecular weight excluding hydrogens is 1050 g/mol. The lowest BCUT2D eigenvalue weighted by atomic mass is 10.0. The molecule has 0 aromatic carbocycles. The molecule has 6 nitrogen and oxygen atoms in total. The number of ether oxygens (including phenoxy) is 1. The zero-order valence-electron chi connectivity index (χ0n) is 58.6. The van der Waals surface area contributed by atoms with Crippen LogP contribution in [0.2, 0.25) is 0 Å². The van der Waals surface area contributed by atoms with Gasteiger partial charge in [-0.2, -0.15) is 0 Å². The summed E-state index contributed by atoms with van der Waals surface area (Å²) in [6.07, 6.45) is 97.0. The van der Waals surface area contributed by atoms with Gasteiger partial charge < -0.3 is 20.3 Å². The van der Waals surface area contributed by atoms with E-state index in [1.807, 2.05) is 0 Å². The third kappa shape index (κ3) is 71.4. The van der Waals surface area contributed by atoms with Crippen molar-refractivity contribution in [1.29, 1.82) is 0 Å². The van der Waals surface area contributed by atoms with Gasteiger partial charge in [0.05, 0.1) is 25.4 Å². The fourth-order valence-corrected chi connectivity index (χ4v) is 12.7. The second-order valence-corrected chi connectivity index (χ2v) is 27.4. The number of aliphatic hydroxyl groups is 2. The number of carbonyl (C=O) groups is 2. The van der Waals surface area contributed by atoms with Gasteiger partial charge in [0.2, 0.25) is 5.91 Å². The average Bonchev–Trinajstić information content (AvgIpc) is 3.55. The number of aliphatic hydroxyl groups excluding tert-OH is 2. The molecule has 0 aliphatic rings. The molecular formula is C80H155NO5. The lowest BCUT2D eigenvalue weighted by Gasteiger charge is -2.22. The molecule has 0 bridgehead atoms. The smallest absolute Gasteiger partial charge is 0.305 e. The lowest BCUT2D eigenvalue weighted by molar-refractivity contribution is -0.143. The summed E-state index contributed by atoms with van der Waals surface area (Å²) in [7, 11) is 0. The maximum atomic E-state index is 12.6. The van der Waals surface area contributed by atoms with Crippen LogP contribution in [0.4, 0.5) is 0 Å². The zero-order chi connectivity index (χ0) is 62.0. The molecule has 0 radical (unpaired) electrons. The summed E-state index contributed by atoms with van der Waals surface area (Å²) < 4.78 is 5.49. The summed E-state index contributed by atoms with van der Waals surface area (Å²) in [5.74, 6) is -0.0132. The second kappa shape index (κ2) is 75.8. The minimum Gasteiger partial charge on any atom is -0.466 e. The van der Waals surface area contributed by atoms with Gasteiger partial charge in [0.25, 0.3) is 0 Å². The van der Waals surface area contributed by atoms with Crippen molar-refractivity contribution < 1.29 is 24.5 Å². The minimum atomic E-state index is -0.662. The number of nitrogens with one attached hydrogen (secondary N) is 1. The summed E-state index contributed by atoms with van der Waals surface area (Å²) in [5, 5.41) is 23.4. The normalized spacial score (nSPS) is 12.6. The fraction of sp³-hybridized carbons (Fsp3) is 0.925. The van der Waals surface area contributed by atoms with Gasteiger partial charge in [-0.05, 0) is 77.0 Å². The number of unbranched alkanes of at least 4 members (excludes halogenated alkanes) is 60. The van der Waals surface area contributed by atoms with Crippen molar-refractivity contribution >= 4 is 11.9 Å². The third-order valence-electron chi connectivity index (χ3n) is 18.7. The van der Waals surface area contributed by atoms with E-state index in [2.05, 4.69) is 43.5 Å². The summed E-state index contributed by atoms with van der Waals surface area (Å²) in [4.78, 5) is 24.6. The number of allylic oxidation sites excluding steroid dienone is 4. The van der Waals surface area contributed by atoms with E-state index in [1.54, 1.807) is 0 Å². The van der Waals surface area contributed by atoms with E-state index in [0.717, 1.165) is 44.9 Å². The number of hydrogen-bond donors (Lipinski definition) is 3. The first-order valence-electron chi connectivity index (χ1n) is 39.6. The molecule has 0 aromatic rings. The van der Waals surface area contributed by atoms with E-state index >= 15 is 0 Å². The molecule has 2 unspecified atom stereocenters. The Morgan fingerprint density at radius 3 is 0.837 bits per heavy atom. The standard InChI is InChI=1S/C80H155NO5/c1-3-5-7-9-11-13-15-17-18-19-39-42-45-49-52-56-60-64-68-72-78(83)77(76-82)81-79(84)73-69-65-61-57-53-50-46-43-40-37-35-33-31-29-27-25-23-21-20-22-24-26-28-30-32-34-36-38-41-44-47-51-55-59-63-67-71-75-86-80(85)74-70-66-62-58-54-48-16-14-12-10-8-6-4-2/h14,16,20,22,77-78,82-83H,3-13,15,17-19,21,23-76H2,1-2H3,(H,81,84)/b16-14-,22-20-. The van der Waals surface area contributed by atoms with Crippen molar-refractivity contribution in [1.82, 2.24) is 5.32 Å². The van der Waals surface area contributed by atoms with E-state index in [0.29, 0.717) is 25.9 Å². The van der Waals surface area contributed by atoms with Crippen LogP contribution in [-0.2, 0) is 14.3 Å². The Bertz CT molecular complexity index is 1350. The SMILES string of the molecule is CCCCCC/C=C\CCCCCCCC(=O)OCCCCCCCCCCCCCCCCCC/C=C\CCCCCCCCCCCCCCCCCCCC(=O)NC(CO)C(O)CCCCCCCCCCCCCCCCCCCCC. The highest BCUT2D eigenvalue weighted by molar-refractivity contribution is 5.76. The molecule has 6 heteroatoms. The number of amides is 1. The van der Waals surface area contributed by atoms with Gasteiger partial charge in [0.1, 0.15) is 0 Å². The topological polar surface area (TPSA) is 95.9 Å². The Kier molecular flexibility index (Phi) is 74.3. The molecule has 3 N–H and O–H groups in total. The summed E-state index contributed by atoms with van der Waals surface area (Å²) in [6, 6.07) is -0.539. The van der Waals surface area contributed by atoms with E-state index in [-0.39, 0.29) is 18.5 Å². The molecule has 0 aliphatic carbocycles. The van der Waals surface area contributed by atoms with Crippen molar-refractivity contribution in [3.8, 4) is 0 Å². The van der Waals surface area contributed by atoms with Crippen molar-refractivity contribution in [2.75, 3.05) is 13.2 Å². The van der Waals surface area contributed by atoms with Crippen LogP contribution in [0.5, 0.6) is 0 Å². The van der Waals surface area contributed by atoms with Crippen LogP contribution < -0.4 is 5.32 Å². The Balaban J connectivity index is 3.33. The number of rotatable bonds is 75. The molecule has 86 heavy (non-hydrogen) atoms. The van der Waals surface area contributed by atoms with E-state index in [9.17, 15) is 19.8 Å². The molecule has 0 saturated carbocycles. The molecule has 0 heterocycles. The van der Waals surface area contributed by atoms with Crippen LogP contribution in [0.1, 0.15) is 450 Å². The van der Waals surface area contributed by atoms with Crippen LogP contribution in [0, 0.1) is 0 Å². The first-order chi connectivity index (χ1) is 42.5. The Morgan fingerprint density at radius 2 is 0.547 bits per heavy atom. The number of carbonyl (C=O) groups excluding carboxylic acids is 2. The third-order valence-corrected chi connectivity index (χ3v) is 18.7. The molecule has 510 valence electrons. The molecule has 0 spiro atoms. The number of esters is 1. The van der Waals surface area contributed by atoms with E-state index < -0.39 is 12.1 Å².